The molecule has 4 nitrogen and oxygen atoms in total. The van der Waals surface area contributed by atoms with E-state index < -0.39 is 10.0 Å². The van der Waals surface area contributed by atoms with Crippen LogP contribution in [0.3, 0.4) is 0 Å². The SMILES string of the molecule is CC1CC(C)CC(Nc2cc(S(N)(=O)=O)ccc2Cl)C1. The van der Waals surface area contributed by atoms with Crippen molar-refractivity contribution in [2.45, 2.75) is 44.0 Å². The normalized spacial score (nSPS) is 27.3. The molecule has 2 unspecified atom stereocenters. The summed E-state index contributed by atoms with van der Waals surface area (Å²) >= 11 is 6.14. The highest BCUT2D eigenvalue weighted by atomic mass is 35.5. The van der Waals surface area contributed by atoms with Crippen LogP contribution in [0.2, 0.25) is 5.02 Å². The molecule has 112 valence electrons. The second-order valence-corrected chi connectivity index (χ2v) is 7.91. The fourth-order valence-electron chi connectivity index (χ4n) is 3.08. The molecule has 1 fully saturated rings. The summed E-state index contributed by atoms with van der Waals surface area (Å²) in [5, 5.41) is 9.04. The first-order chi connectivity index (χ1) is 9.25. The van der Waals surface area contributed by atoms with Gasteiger partial charge in [0.15, 0.2) is 0 Å². The van der Waals surface area contributed by atoms with E-state index in [9.17, 15) is 8.42 Å². The minimum absolute atomic E-state index is 0.0845. The third-order valence-electron chi connectivity index (χ3n) is 3.80. The van der Waals surface area contributed by atoms with E-state index in [0.29, 0.717) is 28.6 Å². The zero-order valence-electron chi connectivity index (χ0n) is 11.8. The molecule has 0 saturated heterocycles. The molecule has 0 aliphatic heterocycles. The molecule has 1 aliphatic rings. The molecular formula is C14H21ClN2O2S. The summed E-state index contributed by atoms with van der Waals surface area (Å²) in [5.41, 5.74) is 0.643. The smallest absolute Gasteiger partial charge is 0.238 e. The van der Waals surface area contributed by atoms with Crippen LogP contribution in [0.4, 0.5) is 5.69 Å². The molecule has 1 aromatic rings. The van der Waals surface area contributed by atoms with Crippen LogP contribution in [-0.2, 0) is 10.0 Å². The topological polar surface area (TPSA) is 72.2 Å². The molecule has 1 saturated carbocycles. The Morgan fingerprint density at radius 2 is 1.80 bits per heavy atom. The Balaban J connectivity index is 2.20. The highest BCUT2D eigenvalue weighted by Crippen LogP contribution is 2.33. The number of halogens is 1. The summed E-state index contributed by atoms with van der Waals surface area (Å²) in [4.78, 5) is 0.0845. The Labute approximate surface area is 125 Å². The first-order valence-corrected chi connectivity index (χ1v) is 8.77. The minimum Gasteiger partial charge on any atom is -0.381 e. The van der Waals surface area contributed by atoms with Gasteiger partial charge in [0.05, 0.1) is 15.6 Å². The van der Waals surface area contributed by atoms with Crippen molar-refractivity contribution in [3.8, 4) is 0 Å². The summed E-state index contributed by atoms with van der Waals surface area (Å²) in [7, 11) is -3.70. The predicted octanol–water partition coefficient (Wildman–Crippen LogP) is 3.22. The standard InChI is InChI=1S/C14H21ClN2O2S/c1-9-5-10(2)7-11(6-9)17-14-8-12(20(16,18)19)3-4-13(14)15/h3-4,8-11,17H,5-7H2,1-2H3,(H2,16,18,19). The van der Waals surface area contributed by atoms with Crippen LogP contribution in [0.5, 0.6) is 0 Å². The molecule has 2 atom stereocenters. The van der Waals surface area contributed by atoms with Crippen molar-refractivity contribution in [2.24, 2.45) is 17.0 Å². The lowest BCUT2D eigenvalue weighted by Gasteiger charge is -2.32. The van der Waals surface area contributed by atoms with Crippen LogP contribution in [0.15, 0.2) is 23.1 Å². The van der Waals surface area contributed by atoms with Gasteiger partial charge in [0.1, 0.15) is 0 Å². The van der Waals surface area contributed by atoms with E-state index in [0.717, 1.165) is 12.8 Å². The molecule has 0 spiro atoms. The number of hydrogen-bond acceptors (Lipinski definition) is 3. The lowest BCUT2D eigenvalue weighted by atomic mass is 9.80. The van der Waals surface area contributed by atoms with E-state index in [1.165, 1.54) is 18.6 Å². The summed E-state index contributed by atoms with van der Waals surface area (Å²) < 4.78 is 22.8. The number of primary sulfonamides is 1. The van der Waals surface area contributed by atoms with E-state index in [-0.39, 0.29) is 4.90 Å². The van der Waals surface area contributed by atoms with Crippen LogP contribution < -0.4 is 10.5 Å². The monoisotopic (exact) mass is 316 g/mol. The van der Waals surface area contributed by atoms with Gasteiger partial charge in [-0.3, -0.25) is 0 Å². The highest BCUT2D eigenvalue weighted by molar-refractivity contribution is 7.89. The largest absolute Gasteiger partial charge is 0.381 e. The second kappa shape index (κ2) is 5.92. The molecule has 6 heteroatoms. The second-order valence-electron chi connectivity index (χ2n) is 5.95. The number of nitrogens with one attached hydrogen (secondary N) is 1. The lowest BCUT2D eigenvalue weighted by molar-refractivity contribution is 0.281. The van der Waals surface area contributed by atoms with Gasteiger partial charge in [-0.15, -0.1) is 0 Å². The quantitative estimate of drug-likeness (QED) is 0.899. The van der Waals surface area contributed by atoms with E-state index in [1.807, 2.05) is 0 Å². The summed E-state index contributed by atoms with van der Waals surface area (Å²) in [6, 6.07) is 4.83. The van der Waals surface area contributed by atoms with Crippen molar-refractivity contribution >= 4 is 27.3 Å². The van der Waals surface area contributed by atoms with E-state index in [1.54, 1.807) is 6.07 Å². The Bertz CT molecular complexity index is 579. The number of nitrogens with two attached hydrogens (primary N) is 1. The average molecular weight is 317 g/mol. The van der Waals surface area contributed by atoms with Gasteiger partial charge in [0.25, 0.3) is 0 Å². The Morgan fingerprint density at radius 1 is 1.20 bits per heavy atom. The molecule has 0 radical (unpaired) electrons. The summed E-state index contributed by atoms with van der Waals surface area (Å²) in [6.45, 7) is 4.49. The summed E-state index contributed by atoms with van der Waals surface area (Å²) in [5.74, 6) is 1.33. The highest BCUT2D eigenvalue weighted by Gasteiger charge is 2.24. The minimum atomic E-state index is -3.70. The van der Waals surface area contributed by atoms with Gasteiger partial charge in [-0.2, -0.15) is 0 Å². The molecule has 3 N–H and O–H groups in total. The van der Waals surface area contributed by atoms with Crippen LogP contribution >= 0.6 is 11.6 Å². The molecule has 1 aromatic carbocycles. The van der Waals surface area contributed by atoms with Gasteiger partial charge in [-0.1, -0.05) is 25.4 Å². The number of rotatable bonds is 3. The van der Waals surface area contributed by atoms with Crippen LogP contribution in [0.1, 0.15) is 33.1 Å². The Morgan fingerprint density at radius 3 is 2.35 bits per heavy atom. The maximum Gasteiger partial charge on any atom is 0.238 e. The van der Waals surface area contributed by atoms with E-state index in [2.05, 4.69) is 19.2 Å². The molecule has 0 heterocycles. The zero-order valence-corrected chi connectivity index (χ0v) is 13.3. The van der Waals surface area contributed by atoms with Gasteiger partial charge >= 0.3 is 0 Å². The van der Waals surface area contributed by atoms with E-state index >= 15 is 0 Å². The molecule has 1 aliphatic carbocycles. The molecule has 2 rings (SSSR count). The van der Waals surface area contributed by atoms with Crippen molar-refractivity contribution in [3.63, 3.8) is 0 Å². The fraction of sp³-hybridized carbons (Fsp3) is 0.571. The lowest BCUT2D eigenvalue weighted by Crippen LogP contribution is -2.30. The maximum absolute atomic E-state index is 11.4. The Kier molecular flexibility index (Phi) is 4.62. The van der Waals surface area contributed by atoms with Gasteiger partial charge in [0.2, 0.25) is 10.0 Å². The van der Waals surface area contributed by atoms with Crippen molar-refractivity contribution < 1.29 is 8.42 Å². The maximum atomic E-state index is 11.4. The number of hydrogen-bond donors (Lipinski definition) is 2. The third-order valence-corrected chi connectivity index (χ3v) is 5.05. The molecular weight excluding hydrogens is 296 g/mol. The number of benzene rings is 1. The van der Waals surface area contributed by atoms with Crippen molar-refractivity contribution in [1.29, 1.82) is 0 Å². The predicted molar refractivity (Wildman–Crippen MR) is 82.4 cm³/mol. The van der Waals surface area contributed by atoms with Crippen molar-refractivity contribution in [1.82, 2.24) is 0 Å². The molecule has 0 aromatic heterocycles. The number of sulfonamides is 1. The molecule has 0 amide bonds. The molecule has 20 heavy (non-hydrogen) atoms. The van der Waals surface area contributed by atoms with Gasteiger partial charge in [-0.05, 0) is 49.3 Å². The van der Waals surface area contributed by atoms with Gasteiger partial charge < -0.3 is 5.32 Å². The number of anilines is 1. The van der Waals surface area contributed by atoms with Crippen LogP contribution in [0, 0.1) is 11.8 Å². The van der Waals surface area contributed by atoms with Crippen LogP contribution in [-0.4, -0.2) is 14.5 Å². The Hall–Kier alpha value is -0.780. The van der Waals surface area contributed by atoms with Crippen molar-refractivity contribution in [3.05, 3.63) is 23.2 Å². The molecule has 0 bridgehead atoms. The first kappa shape index (κ1) is 15.6. The average Bonchev–Trinajstić information content (AvgIpc) is 2.29. The first-order valence-electron chi connectivity index (χ1n) is 6.84. The van der Waals surface area contributed by atoms with Gasteiger partial charge in [-0.25, -0.2) is 13.6 Å². The summed E-state index contributed by atoms with van der Waals surface area (Å²) in [6.07, 6.45) is 3.38. The van der Waals surface area contributed by atoms with Crippen molar-refractivity contribution in [2.75, 3.05) is 5.32 Å². The fourth-order valence-corrected chi connectivity index (χ4v) is 3.79. The zero-order chi connectivity index (χ0) is 14.9. The van der Waals surface area contributed by atoms with Crippen LogP contribution in [0.25, 0.3) is 0 Å². The third kappa shape index (κ3) is 3.87. The van der Waals surface area contributed by atoms with Gasteiger partial charge in [0, 0.05) is 6.04 Å². The van der Waals surface area contributed by atoms with E-state index in [4.69, 9.17) is 16.7 Å².